The van der Waals surface area contributed by atoms with Crippen LogP contribution in [0, 0.1) is 13.8 Å². The number of aryl methyl sites for hydroxylation is 2. The molecule has 0 saturated carbocycles. The van der Waals surface area contributed by atoms with Gasteiger partial charge in [0.15, 0.2) is 10.7 Å². The fourth-order valence-corrected chi connectivity index (χ4v) is 5.02. The molecule has 0 bridgehead atoms. The molecular weight excluding hydrogens is 314 g/mol. The Labute approximate surface area is 134 Å². The molecule has 7 heteroatoms. The number of aromatic nitrogens is 2. The van der Waals surface area contributed by atoms with Crippen molar-refractivity contribution < 1.29 is 12.9 Å². The van der Waals surface area contributed by atoms with E-state index in [1.54, 1.807) is 20.0 Å². The van der Waals surface area contributed by atoms with Crippen LogP contribution in [0.1, 0.15) is 22.6 Å². The van der Waals surface area contributed by atoms with Gasteiger partial charge < -0.3 is 9.84 Å². The van der Waals surface area contributed by atoms with Crippen LogP contribution in [0.5, 0.6) is 0 Å². The van der Waals surface area contributed by atoms with Crippen molar-refractivity contribution >= 4 is 20.9 Å². The number of rotatable bonds is 2. The third-order valence-electron chi connectivity index (χ3n) is 4.33. The number of hydrogen-bond donors (Lipinski definition) is 1. The van der Waals surface area contributed by atoms with E-state index in [-0.39, 0.29) is 4.90 Å². The Morgan fingerprint density at radius 1 is 1.26 bits per heavy atom. The first-order valence-corrected chi connectivity index (χ1v) is 8.95. The fraction of sp³-hybridized carbons (Fsp3) is 0.312. The molecule has 1 aliphatic rings. The molecule has 6 nitrogen and oxygen atoms in total. The smallest absolute Gasteiger partial charge is 0.273 e. The summed E-state index contributed by atoms with van der Waals surface area (Å²) in [4.78, 5) is 0.154. The highest BCUT2D eigenvalue weighted by molar-refractivity contribution is 7.90. The average Bonchev–Trinajstić information content (AvgIpc) is 2.97. The third kappa shape index (κ3) is 2.04. The Bertz CT molecular complexity index is 995. The predicted octanol–water partition coefficient (Wildman–Crippen LogP) is 2.13. The van der Waals surface area contributed by atoms with Gasteiger partial charge in [-0.15, -0.1) is 0 Å². The van der Waals surface area contributed by atoms with E-state index in [0.717, 1.165) is 36.0 Å². The summed E-state index contributed by atoms with van der Waals surface area (Å²) in [5.74, 6) is 0.316. The van der Waals surface area contributed by atoms with Crippen LogP contribution in [-0.4, -0.2) is 24.1 Å². The van der Waals surface area contributed by atoms with Crippen LogP contribution in [0.15, 0.2) is 33.8 Å². The van der Waals surface area contributed by atoms with Gasteiger partial charge in [-0.1, -0.05) is 17.3 Å². The summed E-state index contributed by atoms with van der Waals surface area (Å²) >= 11 is 0. The number of benzene rings is 1. The Hall–Kier alpha value is -2.12. The molecule has 0 saturated heterocycles. The summed E-state index contributed by atoms with van der Waals surface area (Å²) < 4.78 is 32.7. The second-order valence-electron chi connectivity index (χ2n) is 5.85. The van der Waals surface area contributed by atoms with Crippen molar-refractivity contribution in [1.82, 2.24) is 14.4 Å². The van der Waals surface area contributed by atoms with Crippen molar-refractivity contribution in [2.75, 3.05) is 6.54 Å². The third-order valence-corrected chi connectivity index (χ3v) is 6.25. The van der Waals surface area contributed by atoms with E-state index in [1.807, 2.05) is 18.2 Å². The van der Waals surface area contributed by atoms with Crippen molar-refractivity contribution in [3.05, 3.63) is 47.0 Å². The second kappa shape index (κ2) is 4.94. The van der Waals surface area contributed by atoms with Crippen molar-refractivity contribution in [2.24, 2.45) is 0 Å². The lowest BCUT2D eigenvalue weighted by molar-refractivity contribution is 0.390. The van der Waals surface area contributed by atoms with E-state index in [9.17, 15) is 8.42 Å². The highest BCUT2D eigenvalue weighted by Gasteiger charge is 2.29. The molecule has 0 unspecified atom stereocenters. The topological polar surface area (TPSA) is 77.1 Å². The molecule has 23 heavy (non-hydrogen) atoms. The summed E-state index contributed by atoms with van der Waals surface area (Å²) in [6.07, 6.45) is 2.54. The molecule has 0 radical (unpaired) electrons. The maximum atomic E-state index is 13.1. The first kappa shape index (κ1) is 14.5. The SMILES string of the molecule is Cc1noc(C)c1S(=O)(=O)n1cc2c3c(cccc31)CNCC2. The zero-order valence-corrected chi connectivity index (χ0v) is 13.8. The van der Waals surface area contributed by atoms with Gasteiger partial charge in [0.05, 0.1) is 5.52 Å². The molecule has 2 aromatic heterocycles. The van der Waals surface area contributed by atoms with Crippen LogP contribution in [0.2, 0.25) is 0 Å². The minimum absolute atomic E-state index is 0.154. The summed E-state index contributed by atoms with van der Waals surface area (Å²) in [5.41, 5.74) is 3.27. The maximum Gasteiger partial charge on any atom is 0.273 e. The lowest BCUT2D eigenvalue weighted by Crippen LogP contribution is -2.16. The fourth-order valence-electron chi connectivity index (χ4n) is 3.34. The van der Waals surface area contributed by atoms with Crippen LogP contribution < -0.4 is 5.32 Å². The largest absolute Gasteiger partial charge is 0.360 e. The number of nitrogens with zero attached hydrogens (tertiary/aromatic N) is 2. The van der Waals surface area contributed by atoms with Crippen LogP contribution in [0.25, 0.3) is 10.9 Å². The van der Waals surface area contributed by atoms with Crippen LogP contribution in [-0.2, 0) is 23.0 Å². The van der Waals surface area contributed by atoms with Gasteiger partial charge in [-0.3, -0.25) is 0 Å². The molecule has 0 fully saturated rings. The first-order chi connectivity index (χ1) is 11.0. The summed E-state index contributed by atoms with van der Waals surface area (Å²) in [7, 11) is -3.73. The molecule has 120 valence electrons. The van der Waals surface area contributed by atoms with Crippen molar-refractivity contribution in [2.45, 2.75) is 31.7 Å². The molecule has 0 spiro atoms. The predicted molar refractivity (Wildman–Crippen MR) is 85.9 cm³/mol. The van der Waals surface area contributed by atoms with E-state index in [1.165, 1.54) is 3.97 Å². The van der Waals surface area contributed by atoms with E-state index in [4.69, 9.17) is 4.52 Å². The zero-order valence-electron chi connectivity index (χ0n) is 13.0. The number of nitrogens with one attached hydrogen (secondary N) is 1. The van der Waals surface area contributed by atoms with Crippen molar-refractivity contribution in [3.8, 4) is 0 Å². The lowest BCUT2D eigenvalue weighted by Gasteiger charge is -2.08. The normalized spacial score (nSPS) is 15.0. The molecule has 3 aromatic rings. The van der Waals surface area contributed by atoms with Gasteiger partial charge in [-0.05, 0) is 44.0 Å². The van der Waals surface area contributed by atoms with Gasteiger partial charge >= 0.3 is 0 Å². The highest BCUT2D eigenvalue weighted by atomic mass is 32.2. The molecule has 1 aromatic carbocycles. The minimum atomic E-state index is -3.73. The monoisotopic (exact) mass is 331 g/mol. The molecule has 1 N–H and O–H groups in total. The van der Waals surface area contributed by atoms with Crippen molar-refractivity contribution in [1.29, 1.82) is 0 Å². The Balaban J connectivity index is 2.04. The Morgan fingerprint density at radius 3 is 2.83 bits per heavy atom. The molecule has 0 amide bonds. The molecule has 3 heterocycles. The van der Waals surface area contributed by atoms with E-state index < -0.39 is 10.0 Å². The van der Waals surface area contributed by atoms with E-state index in [2.05, 4.69) is 10.5 Å². The van der Waals surface area contributed by atoms with Crippen LogP contribution in [0.4, 0.5) is 0 Å². The Morgan fingerprint density at radius 2 is 2.09 bits per heavy atom. The quantitative estimate of drug-likeness (QED) is 0.778. The van der Waals surface area contributed by atoms with Crippen LogP contribution in [0.3, 0.4) is 0 Å². The number of hydrogen-bond acceptors (Lipinski definition) is 5. The second-order valence-corrected chi connectivity index (χ2v) is 7.60. The van der Waals surface area contributed by atoms with Gasteiger partial charge in [0.2, 0.25) is 0 Å². The van der Waals surface area contributed by atoms with Gasteiger partial charge in [0.25, 0.3) is 10.0 Å². The molecule has 0 aliphatic carbocycles. The Kier molecular flexibility index (Phi) is 3.11. The van der Waals surface area contributed by atoms with Gasteiger partial charge in [0, 0.05) is 18.1 Å². The van der Waals surface area contributed by atoms with Crippen LogP contribution >= 0.6 is 0 Å². The molecular formula is C16H17N3O3S. The summed E-state index contributed by atoms with van der Waals surface area (Å²) in [6, 6.07) is 5.79. The lowest BCUT2D eigenvalue weighted by atomic mass is 10.1. The molecule has 1 aliphatic heterocycles. The maximum absolute atomic E-state index is 13.1. The minimum Gasteiger partial charge on any atom is -0.360 e. The average molecular weight is 331 g/mol. The van der Waals surface area contributed by atoms with Crippen molar-refractivity contribution in [3.63, 3.8) is 0 Å². The standard InChI is InChI=1S/C16H17N3O3S/c1-10-16(11(2)22-18-10)23(20,21)19-9-13-6-7-17-8-12-4-3-5-14(19)15(12)13/h3-5,9,17H,6-8H2,1-2H3. The zero-order chi connectivity index (χ0) is 16.2. The van der Waals surface area contributed by atoms with E-state index >= 15 is 0 Å². The highest BCUT2D eigenvalue weighted by Crippen LogP contribution is 2.31. The summed E-state index contributed by atoms with van der Waals surface area (Å²) in [5, 5.41) is 8.18. The van der Waals surface area contributed by atoms with Gasteiger partial charge in [-0.25, -0.2) is 12.4 Å². The molecule has 0 atom stereocenters. The first-order valence-electron chi connectivity index (χ1n) is 7.51. The van der Waals surface area contributed by atoms with E-state index in [0.29, 0.717) is 17.0 Å². The van der Waals surface area contributed by atoms with Gasteiger partial charge in [0.1, 0.15) is 5.69 Å². The summed E-state index contributed by atoms with van der Waals surface area (Å²) in [6.45, 7) is 4.85. The molecule has 4 rings (SSSR count). The van der Waals surface area contributed by atoms with Gasteiger partial charge in [-0.2, -0.15) is 0 Å².